The third kappa shape index (κ3) is 4.78. The van der Waals surface area contributed by atoms with Gasteiger partial charge < -0.3 is 19.7 Å². The Labute approximate surface area is 194 Å². The van der Waals surface area contributed by atoms with E-state index in [4.69, 9.17) is 9.47 Å². The first-order chi connectivity index (χ1) is 16.3. The van der Waals surface area contributed by atoms with Crippen molar-refractivity contribution in [2.45, 2.75) is 5.92 Å². The van der Waals surface area contributed by atoms with Crippen LogP contribution < -0.4 is 10.2 Å². The first-order valence-corrected chi connectivity index (χ1v) is 11.5. The van der Waals surface area contributed by atoms with Crippen molar-refractivity contribution in [3.8, 4) is 11.1 Å². The fraction of sp³-hybridized carbons (Fsp3) is 0.250. The Hall–Kier alpha value is -3.57. The number of nitrogens with one attached hydrogen (secondary N) is 1. The Kier molecular flexibility index (Phi) is 6.40. The van der Waals surface area contributed by atoms with Crippen LogP contribution >= 0.6 is 0 Å². The molecule has 1 aliphatic heterocycles. The number of hydrogen-bond acceptors (Lipinski definition) is 4. The SMILES string of the molecule is O=C(NCC=Cc1ccc(N2CCOCC2)cc1)OCC1c2ccccc2-c2ccccc21. The number of hydrogen-bond donors (Lipinski definition) is 1. The maximum atomic E-state index is 12.3. The quantitative estimate of drug-likeness (QED) is 0.581. The van der Waals surface area contributed by atoms with Crippen LogP contribution in [0.15, 0.2) is 78.9 Å². The van der Waals surface area contributed by atoms with Crippen LogP contribution in [0, 0.1) is 0 Å². The largest absolute Gasteiger partial charge is 0.449 e. The van der Waals surface area contributed by atoms with Gasteiger partial charge in [0.25, 0.3) is 0 Å². The van der Waals surface area contributed by atoms with Crippen molar-refractivity contribution in [3.05, 3.63) is 95.6 Å². The van der Waals surface area contributed by atoms with Gasteiger partial charge >= 0.3 is 6.09 Å². The van der Waals surface area contributed by atoms with Crippen LogP contribution in [0.1, 0.15) is 22.6 Å². The highest BCUT2D eigenvalue weighted by atomic mass is 16.5. The zero-order valence-electron chi connectivity index (χ0n) is 18.6. The Morgan fingerprint density at radius 2 is 1.58 bits per heavy atom. The second kappa shape index (κ2) is 9.92. The van der Waals surface area contributed by atoms with Gasteiger partial charge in [-0.3, -0.25) is 0 Å². The van der Waals surface area contributed by atoms with Gasteiger partial charge in [0, 0.05) is 31.2 Å². The molecule has 1 aliphatic carbocycles. The first kappa shape index (κ1) is 21.3. The van der Waals surface area contributed by atoms with Gasteiger partial charge in [0.2, 0.25) is 0 Å². The monoisotopic (exact) mass is 440 g/mol. The summed E-state index contributed by atoms with van der Waals surface area (Å²) in [5.74, 6) is 0.0728. The first-order valence-electron chi connectivity index (χ1n) is 11.5. The van der Waals surface area contributed by atoms with Gasteiger partial charge in [0.1, 0.15) is 6.61 Å². The lowest BCUT2D eigenvalue weighted by Gasteiger charge is -2.28. The van der Waals surface area contributed by atoms with Crippen molar-refractivity contribution in [1.82, 2.24) is 5.32 Å². The molecule has 3 aromatic carbocycles. The highest BCUT2D eigenvalue weighted by Gasteiger charge is 2.28. The molecule has 0 spiro atoms. The minimum Gasteiger partial charge on any atom is -0.449 e. The molecule has 5 rings (SSSR count). The molecular weight excluding hydrogens is 412 g/mol. The highest BCUT2D eigenvalue weighted by molar-refractivity contribution is 5.79. The average molecular weight is 441 g/mol. The van der Waals surface area contributed by atoms with Crippen molar-refractivity contribution in [2.75, 3.05) is 44.4 Å². The van der Waals surface area contributed by atoms with Crippen LogP contribution in [-0.4, -0.2) is 45.5 Å². The number of carbonyl (C=O) groups is 1. The van der Waals surface area contributed by atoms with E-state index in [1.165, 1.54) is 27.9 Å². The molecule has 0 radical (unpaired) electrons. The molecule has 0 unspecified atom stereocenters. The van der Waals surface area contributed by atoms with E-state index < -0.39 is 6.09 Å². The van der Waals surface area contributed by atoms with Crippen LogP contribution in [0.2, 0.25) is 0 Å². The zero-order chi connectivity index (χ0) is 22.5. The average Bonchev–Trinajstić information content (AvgIpc) is 3.20. The number of nitrogens with zero attached hydrogens (tertiary/aromatic N) is 1. The lowest BCUT2D eigenvalue weighted by atomic mass is 9.98. The number of anilines is 1. The molecule has 0 atom stereocenters. The molecule has 0 bridgehead atoms. The summed E-state index contributed by atoms with van der Waals surface area (Å²) in [6, 6.07) is 25.1. The van der Waals surface area contributed by atoms with E-state index in [-0.39, 0.29) is 5.92 Å². The summed E-state index contributed by atoms with van der Waals surface area (Å²) < 4.78 is 11.0. The summed E-state index contributed by atoms with van der Waals surface area (Å²) in [6.07, 6.45) is 3.54. The lowest BCUT2D eigenvalue weighted by molar-refractivity contribution is 0.122. The molecule has 33 heavy (non-hydrogen) atoms. The van der Waals surface area contributed by atoms with E-state index in [0.29, 0.717) is 13.2 Å². The third-order valence-electron chi connectivity index (χ3n) is 6.29. The molecule has 1 amide bonds. The van der Waals surface area contributed by atoms with Gasteiger partial charge in [-0.2, -0.15) is 0 Å². The van der Waals surface area contributed by atoms with E-state index in [1.54, 1.807) is 0 Å². The van der Waals surface area contributed by atoms with Crippen LogP contribution in [0.3, 0.4) is 0 Å². The van der Waals surface area contributed by atoms with Gasteiger partial charge in [0.15, 0.2) is 0 Å². The second-order valence-electron chi connectivity index (χ2n) is 8.30. The summed E-state index contributed by atoms with van der Waals surface area (Å²) in [4.78, 5) is 14.6. The number of benzene rings is 3. The topological polar surface area (TPSA) is 50.8 Å². The zero-order valence-corrected chi connectivity index (χ0v) is 18.6. The van der Waals surface area contributed by atoms with Gasteiger partial charge in [-0.1, -0.05) is 72.8 Å². The van der Waals surface area contributed by atoms with E-state index in [0.717, 1.165) is 31.9 Å². The Morgan fingerprint density at radius 1 is 0.939 bits per heavy atom. The van der Waals surface area contributed by atoms with Crippen molar-refractivity contribution in [1.29, 1.82) is 0 Å². The highest BCUT2D eigenvalue weighted by Crippen LogP contribution is 2.44. The molecule has 0 saturated carbocycles. The van der Waals surface area contributed by atoms with Crippen LogP contribution in [0.5, 0.6) is 0 Å². The summed E-state index contributed by atoms with van der Waals surface area (Å²) in [5, 5.41) is 2.82. The summed E-state index contributed by atoms with van der Waals surface area (Å²) in [6.45, 7) is 4.17. The van der Waals surface area contributed by atoms with E-state index in [2.05, 4.69) is 58.7 Å². The van der Waals surface area contributed by atoms with Crippen molar-refractivity contribution in [3.63, 3.8) is 0 Å². The molecule has 5 heteroatoms. The van der Waals surface area contributed by atoms with E-state index >= 15 is 0 Å². The lowest BCUT2D eigenvalue weighted by Crippen LogP contribution is -2.36. The van der Waals surface area contributed by atoms with Crippen LogP contribution in [0.4, 0.5) is 10.5 Å². The number of ether oxygens (including phenoxy) is 2. The fourth-order valence-electron chi connectivity index (χ4n) is 4.60. The minimum atomic E-state index is -0.399. The Balaban J connectivity index is 1.11. The smallest absolute Gasteiger partial charge is 0.407 e. The van der Waals surface area contributed by atoms with Crippen LogP contribution in [-0.2, 0) is 9.47 Å². The fourth-order valence-corrected chi connectivity index (χ4v) is 4.60. The molecular formula is C28H28N2O3. The number of carbonyl (C=O) groups excluding carboxylic acids is 1. The molecule has 3 aromatic rings. The standard InChI is InChI=1S/C28H28N2O3/c31-28(29-15-5-6-21-11-13-22(14-12-21)30-16-18-32-19-17-30)33-20-27-25-9-3-1-7-23(25)24-8-2-4-10-26(24)27/h1-14,27H,15-20H2,(H,29,31). The number of morpholine rings is 1. The second-order valence-corrected chi connectivity index (χ2v) is 8.30. The number of fused-ring (bicyclic) bond motifs is 3. The molecule has 168 valence electrons. The molecule has 2 aliphatic rings. The molecule has 5 nitrogen and oxygen atoms in total. The Bertz CT molecular complexity index is 1090. The number of alkyl carbamates (subject to hydrolysis) is 1. The predicted octanol–water partition coefficient (Wildman–Crippen LogP) is 5.08. The summed E-state index contributed by atoms with van der Waals surface area (Å²) in [5.41, 5.74) is 7.20. The van der Waals surface area contributed by atoms with Crippen molar-refractivity contribution >= 4 is 17.9 Å². The van der Waals surface area contributed by atoms with E-state index in [9.17, 15) is 4.79 Å². The minimum absolute atomic E-state index is 0.0728. The summed E-state index contributed by atoms with van der Waals surface area (Å²) >= 11 is 0. The third-order valence-corrected chi connectivity index (χ3v) is 6.29. The van der Waals surface area contributed by atoms with Crippen LogP contribution in [0.25, 0.3) is 17.2 Å². The van der Waals surface area contributed by atoms with Crippen molar-refractivity contribution < 1.29 is 14.3 Å². The molecule has 1 heterocycles. The van der Waals surface area contributed by atoms with Crippen molar-refractivity contribution in [2.24, 2.45) is 0 Å². The maximum absolute atomic E-state index is 12.3. The molecule has 1 N–H and O–H groups in total. The summed E-state index contributed by atoms with van der Waals surface area (Å²) in [7, 11) is 0. The van der Waals surface area contributed by atoms with Gasteiger partial charge in [-0.05, 0) is 39.9 Å². The normalized spacial score (nSPS) is 15.3. The Morgan fingerprint density at radius 3 is 2.24 bits per heavy atom. The molecule has 1 fully saturated rings. The van der Waals surface area contributed by atoms with Gasteiger partial charge in [0.05, 0.1) is 13.2 Å². The van der Waals surface area contributed by atoms with Gasteiger partial charge in [-0.15, -0.1) is 0 Å². The number of rotatable bonds is 6. The maximum Gasteiger partial charge on any atom is 0.407 e. The molecule has 0 aromatic heterocycles. The molecule has 1 saturated heterocycles. The van der Waals surface area contributed by atoms with Gasteiger partial charge in [-0.25, -0.2) is 4.79 Å². The number of amides is 1. The van der Waals surface area contributed by atoms with E-state index in [1.807, 2.05) is 36.4 Å². The predicted molar refractivity (Wildman–Crippen MR) is 132 cm³/mol.